The standard InChI is InChI=1S/C22H27ClN2O2/c1-16(2)24-22(27)17(3)25(14-13-18-7-5-4-6-8-18)21(26)15-19-9-11-20(23)12-10-19/h4-12,16-17H,13-15H2,1-3H3,(H,24,27). The number of hydrogen-bond acceptors (Lipinski definition) is 2. The van der Waals surface area contributed by atoms with E-state index in [1.807, 2.05) is 56.3 Å². The number of nitrogens with zero attached hydrogens (tertiary/aromatic N) is 1. The fourth-order valence-corrected chi connectivity index (χ4v) is 2.98. The van der Waals surface area contributed by atoms with Crippen LogP contribution < -0.4 is 5.32 Å². The predicted molar refractivity (Wildman–Crippen MR) is 110 cm³/mol. The molecule has 1 atom stereocenters. The van der Waals surface area contributed by atoms with Crippen molar-refractivity contribution in [2.45, 2.75) is 45.7 Å². The van der Waals surface area contributed by atoms with Crippen LogP contribution in [0.4, 0.5) is 0 Å². The Labute approximate surface area is 166 Å². The predicted octanol–water partition coefficient (Wildman–Crippen LogP) is 3.87. The molecule has 0 fully saturated rings. The lowest BCUT2D eigenvalue weighted by atomic mass is 10.1. The van der Waals surface area contributed by atoms with Crippen LogP contribution in [0.5, 0.6) is 0 Å². The molecule has 0 bridgehead atoms. The third-order valence-corrected chi connectivity index (χ3v) is 4.60. The highest BCUT2D eigenvalue weighted by Gasteiger charge is 2.26. The monoisotopic (exact) mass is 386 g/mol. The van der Waals surface area contributed by atoms with E-state index in [0.29, 0.717) is 18.0 Å². The first-order valence-electron chi connectivity index (χ1n) is 9.25. The third kappa shape index (κ3) is 6.72. The van der Waals surface area contributed by atoms with Crippen molar-refractivity contribution in [3.8, 4) is 0 Å². The van der Waals surface area contributed by atoms with Gasteiger partial charge in [0.1, 0.15) is 6.04 Å². The van der Waals surface area contributed by atoms with Gasteiger partial charge in [0.15, 0.2) is 0 Å². The van der Waals surface area contributed by atoms with Crippen LogP contribution in [-0.2, 0) is 22.4 Å². The maximum absolute atomic E-state index is 13.0. The minimum absolute atomic E-state index is 0.0299. The molecule has 144 valence electrons. The van der Waals surface area contributed by atoms with Crippen molar-refractivity contribution in [2.24, 2.45) is 0 Å². The summed E-state index contributed by atoms with van der Waals surface area (Å²) >= 11 is 5.92. The maximum atomic E-state index is 13.0. The molecule has 2 aromatic carbocycles. The van der Waals surface area contributed by atoms with Crippen LogP contribution in [0.15, 0.2) is 54.6 Å². The number of halogens is 1. The smallest absolute Gasteiger partial charge is 0.242 e. The average Bonchev–Trinajstić information content (AvgIpc) is 2.64. The minimum Gasteiger partial charge on any atom is -0.352 e. The summed E-state index contributed by atoms with van der Waals surface area (Å²) < 4.78 is 0. The first-order chi connectivity index (χ1) is 12.9. The average molecular weight is 387 g/mol. The molecular formula is C22H27ClN2O2. The van der Waals surface area contributed by atoms with E-state index in [9.17, 15) is 9.59 Å². The molecule has 1 N–H and O–H groups in total. The van der Waals surface area contributed by atoms with Gasteiger partial charge in [-0.25, -0.2) is 0 Å². The molecule has 0 saturated carbocycles. The van der Waals surface area contributed by atoms with Gasteiger partial charge in [0, 0.05) is 17.6 Å². The van der Waals surface area contributed by atoms with Gasteiger partial charge in [0.2, 0.25) is 11.8 Å². The molecule has 5 heteroatoms. The highest BCUT2D eigenvalue weighted by molar-refractivity contribution is 6.30. The summed E-state index contributed by atoms with van der Waals surface area (Å²) in [6, 6.07) is 16.7. The number of benzene rings is 2. The summed E-state index contributed by atoms with van der Waals surface area (Å²) in [6.07, 6.45) is 0.942. The Morgan fingerprint density at radius 3 is 2.19 bits per heavy atom. The van der Waals surface area contributed by atoms with Gasteiger partial charge in [-0.05, 0) is 50.5 Å². The Hall–Kier alpha value is -2.33. The van der Waals surface area contributed by atoms with E-state index in [4.69, 9.17) is 11.6 Å². The Kier molecular flexibility index (Phi) is 7.86. The minimum atomic E-state index is -0.532. The van der Waals surface area contributed by atoms with Crippen molar-refractivity contribution < 1.29 is 9.59 Å². The van der Waals surface area contributed by atoms with Gasteiger partial charge < -0.3 is 10.2 Å². The molecule has 4 nitrogen and oxygen atoms in total. The van der Waals surface area contributed by atoms with Gasteiger partial charge in [0.05, 0.1) is 6.42 Å². The highest BCUT2D eigenvalue weighted by atomic mass is 35.5. The molecule has 0 aliphatic carbocycles. The summed E-state index contributed by atoms with van der Waals surface area (Å²) in [5.41, 5.74) is 2.02. The van der Waals surface area contributed by atoms with Crippen molar-refractivity contribution >= 4 is 23.4 Å². The summed E-state index contributed by atoms with van der Waals surface area (Å²) in [4.78, 5) is 27.1. The lowest BCUT2D eigenvalue weighted by Crippen LogP contribution is -2.50. The molecular weight excluding hydrogens is 360 g/mol. The largest absolute Gasteiger partial charge is 0.352 e. The summed E-state index contributed by atoms with van der Waals surface area (Å²) in [7, 11) is 0. The van der Waals surface area contributed by atoms with Gasteiger partial charge in [-0.3, -0.25) is 9.59 Å². The second-order valence-electron chi connectivity index (χ2n) is 6.97. The molecule has 0 heterocycles. The second kappa shape index (κ2) is 10.1. The van der Waals surface area contributed by atoms with Gasteiger partial charge in [0.25, 0.3) is 0 Å². The Morgan fingerprint density at radius 2 is 1.59 bits per heavy atom. The topological polar surface area (TPSA) is 49.4 Å². The summed E-state index contributed by atoms with van der Waals surface area (Å²) in [6.45, 7) is 6.09. The normalized spacial score (nSPS) is 11.9. The number of carbonyl (C=O) groups is 2. The quantitative estimate of drug-likeness (QED) is 0.748. The van der Waals surface area contributed by atoms with E-state index in [-0.39, 0.29) is 24.3 Å². The van der Waals surface area contributed by atoms with Crippen LogP contribution in [0.1, 0.15) is 31.9 Å². The molecule has 2 aromatic rings. The van der Waals surface area contributed by atoms with Gasteiger partial charge >= 0.3 is 0 Å². The van der Waals surface area contributed by atoms with Crippen molar-refractivity contribution in [1.82, 2.24) is 10.2 Å². The van der Waals surface area contributed by atoms with Crippen molar-refractivity contribution in [3.63, 3.8) is 0 Å². The zero-order chi connectivity index (χ0) is 19.8. The lowest BCUT2D eigenvalue weighted by molar-refractivity contribution is -0.139. The fourth-order valence-electron chi connectivity index (χ4n) is 2.85. The summed E-state index contributed by atoms with van der Waals surface area (Å²) in [5.74, 6) is -0.206. The number of amides is 2. The number of nitrogens with one attached hydrogen (secondary N) is 1. The Bertz CT molecular complexity index is 745. The third-order valence-electron chi connectivity index (χ3n) is 4.35. The molecule has 1 unspecified atom stereocenters. The second-order valence-corrected chi connectivity index (χ2v) is 7.40. The molecule has 27 heavy (non-hydrogen) atoms. The van der Waals surface area contributed by atoms with E-state index in [1.54, 1.807) is 24.0 Å². The lowest BCUT2D eigenvalue weighted by Gasteiger charge is -2.29. The van der Waals surface area contributed by atoms with E-state index < -0.39 is 6.04 Å². The van der Waals surface area contributed by atoms with Gasteiger partial charge in [-0.2, -0.15) is 0 Å². The first kappa shape index (κ1) is 21.0. The van der Waals surface area contributed by atoms with Crippen LogP contribution in [0, 0.1) is 0 Å². The number of hydrogen-bond donors (Lipinski definition) is 1. The van der Waals surface area contributed by atoms with Gasteiger partial charge in [-0.15, -0.1) is 0 Å². The van der Waals surface area contributed by atoms with Crippen molar-refractivity contribution in [1.29, 1.82) is 0 Å². The number of rotatable bonds is 8. The first-order valence-corrected chi connectivity index (χ1v) is 9.63. The molecule has 0 radical (unpaired) electrons. The van der Waals surface area contributed by atoms with Crippen LogP contribution in [0.25, 0.3) is 0 Å². The van der Waals surface area contributed by atoms with Crippen LogP contribution >= 0.6 is 11.6 Å². The SMILES string of the molecule is CC(C)NC(=O)C(C)N(CCc1ccccc1)C(=O)Cc1ccc(Cl)cc1. The molecule has 0 aliphatic heterocycles. The van der Waals surface area contributed by atoms with Crippen LogP contribution in [0.2, 0.25) is 5.02 Å². The molecule has 0 saturated heterocycles. The van der Waals surface area contributed by atoms with E-state index in [0.717, 1.165) is 11.1 Å². The fraction of sp³-hybridized carbons (Fsp3) is 0.364. The Morgan fingerprint density at radius 1 is 0.963 bits per heavy atom. The Balaban J connectivity index is 2.12. The number of carbonyl (C=O) groups excluding carboxylic acids is 2. The maximum Gasteiger partial charge on any atom is 0.242 e. The van der Waals surface area contributed by atoms with Crippen molar-refractivity contribution in [2.75, 3.05) is 6.54 Å². The van der Waals surface area contributed by atoms with Crippen LogP contribution in [0.3, 0.4) is 0 Å². The highest BCUT2D eigenvalue weighted by Crippen LogP contribution is 2.13. The van der Waals surface area contributed by atoms with E-state index >= 15 is 0 Å². The molecule has 0 aromatic heterocycles. The van der Waals surface area contributed by atoms with E-state index in [2.05, 4.69) is 5.32 Å². The van der Waals surface area contributed by atoms with Gasteiger partial charge in [-0.1, -0.05) is 54.1 Å². The molecule has 0 aliphatic rings. The van der Waals surface area contributed by atoms with E-state index in [1.165, 1.54) is 0 Å². The van der Waals surface area contributed by atoms with Crippen molar-refractivity contribution in [3.05, 3.63) is 70.7 Å². The molecule has 2 rings (SSSR count). The molecule has 0 spiro atoms. The van der Waals surface area contributed by atoms with Crippen LogP contribution in [-0.4, -0.2) is 35.3 Å². The summed E-state index contributed by atoms with van der Waals surface area (Å²) in [5, 5.41) is 3.53. The zero-order valence-electron chi connectivity index (χ0n) is 16.1. The zero-order valence-corrected chi connectivity index (χ0v) is 16.9. The molecule has 2 amide bonds.